The van der Waals surface area contributed by atoms with Crippen molar-refractivity contribution in [1.82, 2.24) is 9.80 Å². The molecule has 1 amide bonds. The van der Waals surface area contributed by atoms with Gasteiger partial charge in [0.25, 0.3) is 5.91 Å². The fraction of sp³-hybridized carbons (Fsp3) is 0.350. The second-order valence-electron chi connectivity index (χ2n) is 6.91. The van der Waals surface area contributed by atoms with Crippen LogP contribution in [0.1, 0.15) is 21.5 Å². The van der Waals surface area contributed by atoms with Crippen molar-refractivity contribution >= 4 is 27.3 Å². The molecule has 0 aliphatic rings. The monoisotopic (exact) mass is 408 g/mol. The molecular weight excluding hydrogens is 384 g/mol. The number of likely N-dealkylation sites (N-methyl/N-ethyl adjacent to an activating group) is 1. The number of aryl methyl sites for hydroxylation is 1. The highest BCUT2D eigenvalue weighted by atomic mass is 35.5. The number of hydrogen-bond acceptors (Lipinski definition) is 4. The summed E-state index contributed by atoms with van der Waals surface area (Å²) in [6, 6.07) is 12.0. The maximum absolute atomic E-state index is 13.2. The van der Waals surface area contributed by atoms with E-state index in [0.29, 0.717) is 30.2 Å². The van der Waals surface area contributed by atoms with Gasteiger partial charge >= 0.3 is 0 Å². The number of benzene rings is 2. The van der Waals surface area contributed by atoms with Crippen LogP contribution in [0.4, 0.5) is 0 Å². The van der Waals surface area contributed by atoms with Crippen molar-refractivity contribution in [1.29, 1.82) is 0 Å². The number of nitrogens with zero attached hydrogens (tertiary/aromatic N) is 2. The van der Waals surface area contributed by atoms with Gasteiger partial charge < -0.3 is 9.80 Å². The highest BCUT2D eigenvalue weighted by molar-refractivity contribution is 7.90. The predicted octanol–water partition coefficient (Wildman–Crippen LogP) is 3.26. The molecule has 0 saturated heterocycles. The lowest BCUT2D eigenvalue weighted by Crippen LogP contribution is -2.36. The third-order valence-electron chi connectivity index (χ3n) is 4.26. The molecule has 2 rings (SSSR count). The first kappa shape index (κ1) is 21.4. The first-order chi connectivity index (χ1) is 12.6. The molecule has 0 fully saturated rings. The minimum Gasteiger partial charge on any atom is -0.333 e. The molecule has 0 aliphatic heterocycles. The first-order valence-electron chi connectivity index (χ1n) is 8.57. The number of carbonyl (C=O) groups is 1. The zero-order chi connectivity index (χ0) is 20.2. The molecule has 5 nitrogen and oxygen atoms in total. The molecule has 146 valence electrons. The fourth-order valence-electron chi connectivity index (χ4n) is 2.62. The van der Waals surface area contributed by atoms with Crippen LogP contribution in [0, 0.1) is 6.92 Å². The minimum absolute atomic E-state index is 0.149. The zero-order valence-electron chi connectivity index (χ0n) is 16.1. The lowest BCUT2D eigenvalue weighted by molar-refractivity contribution is 0.0731. The Bertz CT molecular complexity index is 909. The van der Waals surface area contributed by atoms with Gasteiger partial charge in [0.15, 0.2) is 9.84 Å². The number of carbonyl (C=O) groups excluding carboxylic acids is 1. The van der Waals surface area contributed by atoms with Gasteiger partial charge in [0.2, 0.25) is 0 Å². The molecule has 2 aromatic carbocycles. The Labute approximate surface area is 166 Å². The van der Waals surface area contributed by atoms with E-state index in [-0.39, 0.29) is 10.8 Å². The summed E-state index contributed by atoms with van der Waals surface area (Å²) >= 11 is 5.95. The second kappa shape index (κ2) is 8.87. The normalized spacial score (nSPS) is 11.6. The number of sulfone groups is 1. The van der Waals surface area contributed by atoms with E-state index in [9.17, 15) is 13.2 Å². The van der Waals surface area contributed by atoms with Gasteiger partial charge in [-0.1, -0.05) is 29.8 Å². The van der Waals surface area contributed by atoms with Crippen molar-refractivity contribution in [2.75, 3.05) is 33.4 Å². The number of halogens is 1. The van der Waals surface area contributed by atoms with Crippen LogP contribution in [0.5, 0.6) is 0 Å². The van der Waals surface area contributed by atoms with Crippen LogP contribution < -0.4 is 0 Å². The van der Waals surface area contributed by atoms with Gasteiger partial charge in [-0.3, -0.25) is 4.79 Å². The van der Waals surface area contributed by atoms with Gasteiger partial charge in [-0.2, -0.15) is 0 Å². The first-order valence-corrected chi connectivity index (χ1v) is 10.8. The van der Waals surface area contributed by atoms with Gasteiger partial charge in [0.05, 0.1) is 4.90 Å². The molecule has 0 N–H and O–H groups in total. The lowest BCUT2D eigenvalue weighted by Gasteiger charge is -2.25. The Hall–Kier alpha value is -1.89. The average molecular weight is 409 g/mol. The van der Waals surface area contributed by atoms with Crippen molar-refractivity contribution in [3.05, 3.63) is 64.2 Å². The Kier molecular flexibility index (Phi) is 7.03. The fourth-order valence-corrected chi connectivity index (χ4v) is 3.39. The zero-order valence-corrected chi connectivity index (χ0v) is 17.6. The van der Waals surface area contributed by atoms with Crippen LogP contribution in [0.25, 0.3) is 0 Å². The predicted molar refractivity (Wildman–Crippen MR) is 109 cm³/mol. The molecule has 0 heterocycles. The summed E-state index contributed by atoms with van der Waals surface area (Å²) in [5.74, 6) is -0.185. The number of amides is 1. The summed E-state index contributed by atoms with van der Waals surface area (Å²) in [5, 5.41) is 0.640. The summed E-state index contributed by atoms with van der Waals surface area (Å²) in [7, 11) is 0.506. The number of rotatable bonds is 7. The largest absolute Gasteiger partial charge is 0.333 e. The molecule has 0 bridgehead atoms. The van der Waals surface area contributed by atoms with E-state index in [1.165, 1.54) is 12.1 Å². The van der Waals surface area contributed by atoms with E-state index in [0.717, 1.165) is 17.4 Å². The lowest BCUT2D eigenvalue weighted by atomic mass is 10.1. The van der Waals surface area contributed by atoms with Gasteiger partial charge in [-0.25, -0.2) is 8.42 Å². The maximum atomic E-state index is 13.2. The Morgan fingerprint density at radius 1 is 1.04 bits per heavy atom. The highest BCUT2D eigenvalue weighted by Gasteiger charge is 2.20. The van der Waals surface area contributed by atoms with Crippen molar-refractivity contribution in [3.8, 4) is 0 Å². The molecule has 27 heavy (non-hydrogen) atoms. The summed E-state index contributed by atoms with van der Waals surface area (Å²) in [5.41, 5.74) is 2.12. The Morgan fingerprint density at radius 2 is 1.67 bits per heavy atom. The Balaban J connectivity index is 2.36. The molecule has 0 atom stereocenters. The quantitative estimate of drug-likeness (QED) is 0.705. The molecule has 0 spiro atoms. The molecule has 0 radical (unpaired) electrons. The molecule has 7 heteroatoms. The average Bonchev–Trinajstić information content (AvgIpc) is 2.59. The summed E-state index contributed by atoms with van der Waals surface area (Å²) < 4.78 is 23.8. The number of hydrogen-bond donors (Lipinski definition) is 0. The van der Waals surface area contributed by atoms with Crippen LogP contribution in [-0.2, 0) is 16.4 Å². The summed E-state index contributed by atoms with van der Waals surface area (Å²) in [4.78, 5) is 17.1. The smallest absolute Gasteiger partial charge is 0.254 e. The maximum Gasteiger partial charge on any atom is 0.254 e. The minimum atomic E-state index is -3.38. The Morgan fingerprint density at radius 3 is 2.22 bits per heavy atom. The SMILES string of the molecule is Cc1ccc(S(C)(=O)=O)cc1C(=O)N(CCN(C)C)Cc1ccc(Cl)cc1. The van der Waals surface area contributed by atoms with Crippen LogP contribution in [-0.4, -0.2) is 57.6 Å². The molecule has 0 aliphatic carbocycles. The molecule has 0 aromatic heterocycles. The third-order valence-corrected chi connectivity index (χ3v) is 5.62. The molecular formula is C20H25ClN2O3S. The van der Waals surface area contributed by atoms with Gasteiger partial charge in [-0.15, -0.1) is 0 Å². The standard InChI is InChI=1S/C20H25ClN2O3S/c1-15-5-10-18(27(4,25)26)13-19(15)20(24)23(12-11-22(2)3)14-16-6-8-17(21)9-7-16/h5-10,13H,11-12,14H2,1-4H3. The van der Waals surface area contributed by atoms with E-state index in [1.54, 1.807) is 23.1 Å². The van der Waals surface area contributed by atoms with Gasteiger partial charge in [0.1, 0.15) is 0 Å². The third kappa shape index (κ3) is 6.06. The molecule has 2 aromatic rings. The molecule has 0 saturated carbocycles. The van der Waals surface area contributed by atoms with E-state index < -0.39 is 9.84 Å². The van der Waals surface area contributed by atoms with Crippen LogP contribution >= 0.6 is 11.6 Å². The topological polar surface area (TPSA) is 57.7 Å². The van der Waals surface area contributed by atoms with Crippen LogP contribution in [0.3, 0.4) is 0 Å². The van der Waals surface area contributed by atoms with E-state index >= 15 is 0 Å². The van der Waals surface area contributed by atoms with Crippen LogP contribution in [0.15, 0.2) is 47.4 Å². The van der Waals surface area contributed by atoms with E-state index in [1.807, 2.05) is 38.1 Å². The molecule has 0 unspecified atom stereocenters. The van der Waals surface area contributed by atoms with Crippen molar-refractivity contribution < 1.29 is 13.2 Å². The second-order valence-corrected chi connectivity index (χ2v) is 9.36. The van der Waals surface area contributed by atoms with Crippen molar-refractivity contribution in [3.63, 3.8) is 0 Å². The van der Waals surface area contributed by atoms with Crippen molar-refractivity contribution in [2.24, 2.45) is 0 Å². The van der Waals surface area contributed by atoms with Crippen molar-refractivity contribution in [2.45, 2.75) is 18.4 Å². The van der Waals surface area contributed by atoms with E-state index in [4.69, 9.17) is 11.6 Å². The van der Waals surface area contributed by atoms with Gasteiger partial charge in [0, 0.05) is 36.5 Å². The summed E-state index contributed by atoms with van der Waals surface area (Å²) in [6.07, 6.45) is 1.14. The van der Waals surface area contributed by atoms with E-state index in [2.05, 4.69) is 0 Å². The summed E-state index contributed by atoms with van der Waals surface area (Å²) in [6.45, 7) is 3.46. The van der Waals surface area contributed by atoms with Crippen LogP contribution in [0.2, 0.25) is 5.02 Å². The van der Waals surface area contributed by atoms with Gasteiger partial charge in [-0.05, 0) is 56.4 Å². The highest BCUT2D eigenvalue weighted by Crippen LogP contribution is 2.19.